The molecule has 0 bridgehead atoms. The van der Waals surface area contributed by atoms with E-state index in [4.69, 9.17) is 0 Å². The van der Waals surface area contributed by atoms with Crippen molar-refractivity contribution in [1.82, 2.24) is 20.3 Å². The lowest BCUT2D eigenvalue weighted by Gasteiger charge is -2.07. The zero-order valence-corrected chi connectivity index (χ0v) is 13.7. The molecule has 0 radical (unpaired) electrons. The molecule has 0 atom stereocenters. The van der Waals surface area contributed by atoms with Crippen LogP contribution in [0.15, 0.2) is 67.3 Å². The van der Waals surface area contributed by atoms with E-state index in [2.05, 4.69) is 25.6 Å². The number of carbonyl (C=O) groups is 1. The van der Waals surface area contributed by atoms with E-state index >= 15 is 0 Å². The minimum Gasteiger partial charge on any atom is -0.365 e. The van der Waals surface area contributed by atoms with Crippen LogP contribution in [0.2, 0.25) is 0 Å². The lowest BCUT2D eigenvalue weighted by Crippen LogP contribution is -2.26. The second-order valence-electron chi connectivity index (χ2n) is 5.49. The fraction of sp³-hybridized carbons (Fsp3) is 0.158. The van der Waals surface area contributed by atoms with Gasteiger partial charge < -0.3 is 10.6 Å². The monoisotopic (exact) mass is 333 g/mol. The van der Waals surface area contributed by atoms with Crippen molar-refractivity contribution in [3.8, 4) is 0 Å². The molecule has 2 N–H and O–H groups in total. The number of nitrogens with zero attached hydrogens (tertiary/aromatic N) is 3. The zero-order chi connectivity index (χ0) is 17.3. The number of hydrogen-bond acceptors (Lipinski definition) is 5. The van der Waals surface area contributed by atoms with Gasteiger partial charge in [0.15, 0.2) is 0 Å². The predicted molar refractivity (Wildman–Crippen MR) is 96.1 cm³/mol. The summed E-state index contributed by atoms with van der Waals surface area (Å²) in [4.78, 5) is 24.5. The Labute approximate surface area is 146 Å². The maximum Gasteiger partial charge on any atom is 0.271 e. The van der Waals surface area contributed by atoms with E-state index in [1.807, 2.05) is 42.5 Å². The number of anilines is 1. The number of pyridine rings is 1. The van der Waals surface area contributed by atoms with Gasteiger partial charge in [-0.25, -0.2) is 9.97 Å². The van der Waals surface area contributed by atoms with Crippen molar-refractivity contribution in [2.75, 3.05) is 11.9 Å². The van der Waals surface area contributed by atoms with Gasteiger partial charge in [-0.05, 0) is 23.6 Å². The molecule has 0 aliphatic carbocycles. The minimum absolute atomic E-state index is 0.220. The number of aromatic nitrogens is 3. The molecule has 2 heterocycles. The highest BCUT2D eigenvalue weighted by Crippen LogP contribution is 2.05. The number of carbonyl (C=O) groups excluding carboxylic acids is 1. The summed E-state index contributed by atoms with van der Waals surface area (Å²) >= 11 is 0. The van der Waals surface area contributed by atoms with Gasteiger partial charge in [0.2, 0.25) is 0 Å². The Morgan fingerprint density at radius 2 is 1.76 bits per heavy atom. The van der Waals surface area contributed by atoms with E-state index in [9.17, 15) is 4.79 Å². The molecule has 0 spiro atoms. The smallest absolute Gasteiger partial charge is 0.271 e. The summed E-state index contributed by atoms with van der Waals surface area (Å²) in [5.74, 6) is 0.395. The summed E-state index contributed by atoms with van der Waals surface area (Å²) in [6.07, 6.45) is 7.33. The largest absolute Gasteiger partial charge is 0.365 e. The highest BCUT2D eigenvalue weighted by Gasteiger charge is 2.07. The molecule has 2 aromatic heterocycles. The second-order valence-corrected chi connectivity index (χ2v) is 5.49. The van der Waals surface area contributed by atoms with Crippen molar-refractivity contribution in [3.05, 3.63) is 84.1 Å². The molecule has 3 rings (SSSR count). The summed E-state index contributed by atoms with van der Waals surface area (Å²) in [6, 6.07) is 13.9. The maximum atomic E-state index is 12.1. The average molecular weight is 333 g/mol. The Morgan fingerprint density at radius 3 is 2.48 bits per heavy atom. The van der Waals surface area contributed by atoms with E-state index in [1.54, 1.807) is 18.6 Å². The fourth-order valence-corrected chi connectivity index (χ4v) is 2.29. The third-order valence-corrected chi connectivity index (χ3v) is 3.62. The molecule has 1 amide bonds. The van der Waals surface area contributed by atoms with Crippen molar-refractivity contribution in [1.29, 1.82) is 0 Å². The van der Waals surface area contributed by atoms with Gasteiger partial charge in [-0.2, -0.15) is 0 Å². The molecule has 0 fully saturated rings. The molecule has 0 unspecified atom stereocenters. The molecule has 126 valence electrons. The van der Waals surface area contributed by atoms with Crippen molar-refractivity contribution in [2.24, 2.45) is 0 Å². The molecule has 0 aliphatic heterocycles. The van der Waals surface area contributed by atoms with Crippen molar-refractivity contribution in [2.45, 2.75) is 13.0 Å². The highest BCUT2D eigenvalue weighted by atomic mass is 16.1. The van der Waals surface area contributed by atoms with Crippen molar-refractivity contribution >= 4 is 11.7 Å². The topological polar surface area (TPSA) is 79.8 Å². The first-order chi connectivity index (χ1) is 12.3. The molecule has 3 aromatic rings. The second kappa shape index (κ2) is 8.54. The van der Waals surface area contributed by atoms with Gasteiger partial charge in [-0.3, -0.25) is 9.78 Å². The predicted octanol–water partition coefficient (Wildman–Crippen LogP) is 2.46. The zero-order valence-electron chi connectivity index (χ0n) is 13.7. The van der Waals surface area contributed by atoms with E-state index in [0.717, 1.165) is 12.0 Å². The molecule has 1 aromatic carbocycles. The molecule has 6 heteroatoms. The summed E-state index contributed by atoms with van der Waals surface area (Å²) in [6.45, 7) is 1.16. The van der Waals surface area contributed by atoms with Gasteiger partial charge in [-0.1, -0.05) is 36.4 Å². The van der Waals surface area contributed by atoms with Gasteiger partial charge in [0.25, 0.3) is 5.91 Å². The first-order valence-corrected chi connectivity index (χ1v) is 8.08. The molecule has 0 saturated heterocycles. The standard InChI is InChI=1S/C19H19N5O/c25-19(21-10-8-15-5-2-1-3-6-15)17-13-24-18(14-22-17)23-12-16-7-4-9-20-11-16/h1-7,9,11,13-14H,8,10,12H2,(H,21,25)(H,23,24). The van der Waals surface area contributed by atoms with Crippen LogP contribution in [-0.4, -0.2) is 27.4 Å². The van der Waals surface area contributed by atoms with Crippen LogP contribution in [0, 0.1) is 0 Å². The highest BCUT2D eigenvalue weighted by molar-refractivity contribution is 5.91. The van der Waals surface area contributed by atoms with Crippen LogP contribution in [0.1, 0.15) is 21.6 Å². The Hall–Kier alpha value is -3.28. The van der Waals surface area contributed by atoms with Gasteiger partial charge in [0.1, 0.15) is 11.5 Å². The Morgan fingerprint density at radius 1 is 0.920 bits per heavy atom. The third kappa shape index (κ3) is 5.10. The van der Waals surface area contributed by atoms with E-state index in [-0.39, 0.29) is 5.91 Å². The molecule has 25 heavy (non-hydrogen) atoms. The Kier molecular flexibility index (Phi) is 5.66. The van der Waals surface area contributed by atoms with Gasteiger partial charge in [0, 0.05) is 25.5 Å². The van der Waals surface area contributed by atoms with E-state index in [0.29, 0.717) is 24.6 Å². The molecule has 6 nitrogen and oxygen atoms in total. The fourth-order valence-electron chi connectivity index (χ4n) is 2.29. The van der Waals surface area contributed by atoms with Crippen LogP contribution in [0.4, 0.5) is 5.82 Å². The van der Waals surface area contributed by atoms with E-state index in [1.165, 1.54) is 11.8 Å². The van der Waals surface area contributed by atoms with E-state index < -0.39 is 0 Å². The molecule has 0 saturated carbocycles. The van der Waals surface area contributed by atoms with Crippen LogP contribution in [-0.2, 0) is 13.0 Å². The Balaban J connectivity index is 1.47. The summed E-state index contributed by atoms with van der Waals surface area (Å²) in [7, 11) is 0. The van der Waals surface area contributed by atoms with Gasteiger partial charge in [0.05, 0.1) is 12.4 Å². The van der Waals surface area contributed by atoms with Crippen LogP contribution in [0.3, 0.4) is 0 Å². The van der Waals surface area contributed by atoms with Crippen molar-refractivity contribution < 1.29 is 4.79 Å². The lowest BCUT2D eigenvalue weighted by atomic mass is 10.1. The van der Waals surface area contributed by atoms with Gasteiger partial charge >= 0.3 is 0 Å². The number of hydrogen-bond donors (Lipinski definition) is 2. The van der Waals surface area contributed by atoms with Crippen LogP contribution in [0.25, 0.3) is 0 Å². The number of rotatable bonds is 7. The number of benzene rings is 1. The van der Waals surface area contributed by atoms with Crippen LogP contribution >= 0.6 is 0 Å². The van der Waals surface area contributed by atoms with Crippen molar-refractivity contribution in [3.63, 3.8) is 0 Å². The van der Waals surface area contributed by atoms with Gasteiger partial charge in [-0.15, -0.1) is 0 Å². The summed E-state index contributed by atoms with van der Waals surface area (Å²) < 4.78 is 0. The number of amides is 1. The summed E-state index contributed by atoms with van der Waals surface area (Å²) in [5, 5.41) is 6.00. The maximum absolute atomic E-state index is 12.1. The Bertz CT molecular complexity index is 791. The summed E-state index contributed by atoms with van der Waals surface area (Å²) in [5.41, 5.74) is 2.54. The first kappa shape index (κ1) is 16.6. The third-order valence-electron chi connectivity index (χ3n) is 3.62. The SMILES string of the molecule is O=C(NCCc1ccccc1)c1cnc(NCc2cccnc2)cn1. The number of nitrogens with one attached hydrogen (secondary N) is 2. The van der Waals surface area contributed by atoms with Crippen LogP contribution < -0.4 is 10.6 Å². The lowest BCUT2D eigenvalue weighted by molar-refractivity contribution is 0.0949. The quantitative estimate of drug-likeness (QED) is 0.694. The normalized spacial score (nSPS) is 10.2. The van der Waals surface area contributed by atoms with Crippen LogP contribution in [0.5, 0.6) is 0 Å². The first-order valence-electron chi connectivity index (χ1n) is 8.08. The minimum atomic E-state index is -0.220. The average Bonchev–Trinajstić information content (AvgIpc) is 2.68. The molecule has 0 aliphatic rings. The molecular formula is C19H19N5O. The molecular weight excluding hydrogens is 314 g/mol.